The molecule has 0 atom stereocenters. The molecular formula is C12H14ClN3. The van der Waals surface area contributed by atoms with E-state index in [2.05, 4.69) is 11.2 Å². The van der Waals surface area contributed by atoms with Crippen LogP contribution in [0.25, 0.3) is 5.52 Å². The minimum absolute atomic E-state index is 0.593. The van der Waals surface area contributed by atoms with E-state index >= 15 is 0 Å². The summed E-state index contributed by atoms with van der Waals surface area (Å²) >= 11 is 5.98. The molecule has 0 saturated carbocycles. The summed E-state index contributed by atoms with van der Waals surface area (Å²) in [5.41, 5.74) is 3.41. The highest BCUT2D eigenvalue weighted by atomic mass is 35.5. The van der Waals surface area contributed by atoms with Crippen molar-refractivity contribution in [3.05, 3.63) is 34.1 Å². The smallest absolute Gasteiger partial charge is 0.101 e. The summed E-state index contributed by atoms with van der Waals surface area (Å²) in [7, 11) is 0. The van der Waals surface area contributed by atoms with Crippen LogP contribution in [0.2, 0.25) is 5.02 Å². The van der Waals surface area contributed by atoms with Crippen LogP contribution in [0.1, 0.15) is 30.5 Å². The molecule has 0 aliphatic heterocycles. The molecule has 4 heteroatoms. The van der Waals surface area contributed by atoms with Gasteiger partial charge >= 0.3 is 0 Å². The van der Waals surface area contributed by atoms with E-state index < -0.39 is 0 Å². The van der Waals surface area contributed by atoms with Crippen LogP contribution in [0.5, 0.6) is 0 Å². The van der Waals surface area contributed by atoms with Crippen LogP contribution in [0, 0.1) is 25.2 Å². The first-order valence-corrected chi connectivity index (χ1v) is 5.56. The monoisotopic (exact) mass is 235 g/mol. The van der Waals surface area contributed by atoms with E-state index in [0.717, 1.165) is 16.6 Å². The minimum Gasteiger partial charge on any atom is -0.239 e. The van der Waals surface area contributed by atoms with Gasteiger partial charge in [-0.1, -0.05) is 25.4 Å². The van der Waals surface area contributed by atoms with Gasteiger partial charge in [0.25, 0.3) is 0 Å². The first-order chi connectivity index (χ1) is 7.65. The van der Waals surface area contributed by atoms with Gasteiger partial charge < -0.3 is 0 Å². The summed E-state index contributed by atoms with van der Waals surface area (Å²) in [4.78, 5) is 0. The van der Waals surface area contributed by atoms with E-state index in [1.807, 2.05) is 27.7 Å². The maximum atomic E-state index is 8.84. The molecule has 3 nitrogen and oxygen atoms in total. The summed E-state index contributed by atoms with van der Waals surface area (Å²) in [6, 6.07) is 2.10. The maximum Gasteiger partial charge on any atom is 0.101 e. The Hall–Kier alpha value is -1.53. The highest BCUT2D eigenvalue weighted by Gasteiger charge is 2.10. The second kappa shape index (κ2) is 5.00. The van der Waals surface area contributed by atoms with Crippen molar-refractivity contribution in [3.8, 4) is 6.07 Å². The molecule has 0 amide bonds. The second-order valence-corrected chi connectivity index (χ2v) is 3.60. The highest BCUT2D eigenvalue weighted by molar-refractivity contribution is 6.32. The van der Waals surface area contributed by atoms with Gasteiger partial charge in [0.15, 0.2) is 0 Å². The van der Waals surface area contributed by atoms with E-state index in [0.29, 0.717) is 10.6 Å². The predicted octanol–water partition coefficient (Wildman–Crippen LogP) is 3.50. The largest absolute Gasteiger partial charge is 0.239 e. The van der Waals surface area contributed by atoms with E-state index in [-0.39, 0.29) is 0 Å². The van der Waals surface area contributed by atoms with Gasteiger partial charge in [0, 0.05) is 6.20 Å². The lowest BCUT2D eigenvalue weighted by atomic mass is 10.1. The lowest BCUT2D eigenvalue weighted by molar-refractivity contribution is 0.928. The van der Waals surface area contributed by atoms with E-state index in [1.165, 1.54) is 0 Å². The molecule has 0 N–H and O–H groups in total. The van der Waals surface area contributed by atoms with Crippen LogP contribution in [-0.2, 0) is 0 Å². The van der Waals surface area contributed by atoms with Crippen molar-refractivity contribution in [1.29, 1.82) is 5.26 Å². The van der Waals surface area contributed by atoms with Crippen LogP contribution >= 0.6 is 11.6 Å². The zero-order chi connectivity index (χ0) is 12.3. The SMILES string of the molecule is CC.Cc1c(Cl)cn2ncc(C#N)c(C)c12. The van der Waals surface area contributed by atoms with Crippen molar-refractivity contribution in [2.75, 3.05) is 0 Å². The number of aromatic nitrogens is 2. The number of hydrogen-bond donors (Lipinski definition) is 0. The third-order valence-electron chi connectivity index (χ3n) is 2.37. The molecular weight excluding hydrogens is 222 g/mol. The van der Waals surface area contributed by atoms with E-state index in [1.54, 1.807) is 16.9 Å². The van der Waals surface area contributed by atoms with Crippen molar-refractivity contribution < 1.29 is 0 Å². The first kappa shape index (κ1) is 12.5. The lowest BCUT2D eigenvalue weighted by Gasteiger charge is -2.01. The van der Waals surface area contributed by atoms with Gasteiger partial charge in [-0.05, 0) is 25.0 Å². The van der Waals surface area contributed by atoms with Gasteiger partial charge in [0.05, 0.1) is 22.3 Å². The fourth-order valence-corrected chi connectivity index (χ4v) is 1.74. The van der Waals surface area contributed by atoms with Crippen LogP contribution < -0.4 is 0 Å². The number of nitriles is 1. The number of hydrogen-bond acceptors (Lipinski definition) is 2. The first-order valence-electron chi connectivity index (χ1n) is 5.18. The normalized spacial score (nSPS) is 9.50. The zero-order valence-electron chi connectivity index (χ0n) is 9.87. The molecule has 0 saturated heterocycles. The Morgan fingerprint density at radius 3 is 2.50 bits per heavy atom. The number of halogens is 1. The van der Waals surface area contributed by atoms with E-state index in [9.17, 15) is 0 Å². The van der Waals surface area contributed by atoms with Gasteiger partial charge in [-0.15, -0.1) is 0 Å². The molecule has 0 aromatic carbocycles. The van der Waals surface area contributed by atoms with Crippen molar-refractivity contribution >= 4 is 17.1 Å². The van der Waals surface area contributed by atoms with Crippen LogP contribution in [0.3, 0.4) is 0 Å². The van der Waals surface area contributed by atoms with Crippen molar-refractivity contribution in [2.24, 2.45) is 0 Å². The molecule has 0 aliphatic carbocycles. The standard InChI is InChI=1S/C10H8ClN3.C2H6/c1-6-8(3-12)4-13-14-5-9(11)7(2)10(6)14;1-2/h4-5H,1-2H3;1-2H3. The Labute approximate surface area is 100 Å². The third kappa shape index (κ3) is 1.89. The lowest BCUT2D eigenvalue weighted by Crippen LogP contribution is -1.95. The van der Waals surface area contributed by atoms with Crippen molar-refractivity contribution in [3.63, 3.8) is 0 Å². The summed E-state index contributed by atoms with van der Waals surface area (Å²) < 4.78 is 1.70. The van der Waals surface area contributed by atoms with Crippen molar-refractivity contribution in [1.82, 2.24) is 9.61 Å². The summed E-state index contributed by atoms with van der Waals surface area (Å²) in [5, 5.41) is 13.6. The molecule has 84 valence electrons. The molecule has 2 rings (SSSR count). The van der Waals surface area contributed by atoms with Gasteiger partial charge in [-0.3, -0.25) is 0 Å². The molecule has 0 bridgehead atoms. The summed E-state index contributed by atoms with van der Waals surface area (Å²) in [5.74, 6) is 0. The molecule has 16 heavy (non-hydrogen) atoms. The van der Waals surface area contributed by atoms with Crippen LogP contribution in [0.15, 0.2) is 12.4 Å². The molecule has 0 radical (unpaired) electrons. The summed E-state index contributed by atoms with van der Waals surface area (Å²) in [6.45, 7) is 7.83. The molecule has 2 aromatic heterocycles. The number of fused-ring (bicyclic) bond motifs is 1. The Morgan fingerprint density at radius 1 is 1.31 bits per heavy atom. The topological polar surface area (TPSA) is 41.1 Å². The minimum atomic E-state index is 0.593. The average Bonchev–Trinajstić information content (AvgIpc) is 2.59. The average molecular weight is 236 g/mol. The number of nitrogens with zero attached hydrogens (tertiary/aromatic N) is 3. The Balaban J connectivity index is 0.000000606. The fourth-order valence-electron chi connectivity index (χ4n) is 1.55. The molecule has 2 heterocycles. The van der Waals surface area contributed by atoms with Gasteiger partial charge in [0.2, 0.25) is 0 Å². The number of rotatable bonds is 0. The third-order valence-corrected chi connectivity index (χ3v) is 2.75. The molecule has 0 spiro atoms. The van der Waals surface area contributed by atoms with Gasteiger partial charge in [-0.25, -0.2) is 4.52 Å². The van der Waals surface area contributed by atoms with Crippen molar-refractivity contribution in [2.45, 2.75) is 27.7 Å². The molecule has 2 aromatic rings. The number of aryl methyl sites for hydroxylation is 2. The molecule has 0 fully saturated rings. The molecule has 0 unspecified atom stereocenters. The molecule has 0 aliphatic rings. The Morgan fingerprint density at radius 2 is 1.94 bits per heavy atom. The van der Waals surface area contributed by atoms with E-state index in [4.69, 9.17) is 16.9 Å². The predicted molar refractivity (Wildman–Crippen MR) is 65.7 cm³/mol. The Bertz CT molecular complexity index is 549. The maximum absolute atomic E-state index is 8.84. The van der Waals surface area contributed by atoms with Gasteiger partial charge in [0.1, 0.15) is 6.07 Å². The van der Waals surface area contributed by atoms with Crippen LogP contribution in [-0.4, -0.2) is 9.61 Å². The summed E-state index contributed by atoms with van der Waals surface area (Å²) in [6.07, 6.45) is 3.30. The zero-order valence-corrected chi connectivity index (χ0v) is 10.6. The highest BCUT2D eigenvalue weighted by Crippen LogP contribution is 2.25. The quantitative estimate of drug-likeness (QED) is 0.701. The van der Waals surface area contributed by atoms with Crippen LogP contribution in [0.4, 0.5) is 0 Å². The fraction of sp³-hybridized carbons (Fsp3) is 0.333. The Kier molecular flexibility index (Phi) is 3.92. The van der Waals surface area contributed by atoms with Gasteiger partial charge in [-0.2, -0.15) is 10.4 Å². The second-order valence-electron chi connectivity index (χ2n) is 3.19.